The van der Waals surface area contributed by atoms with Crippen molar-refractivity contribution in [3.8, 4) is 18.4 Å². The summed E-state index contributed by atoms with van der Waals surface area (Å²) in [4.78, 5) is 8.36. The first-order chi connectivity index (χ1) is 17.5. The molecule has 3 heterocycles. The van der Waals surface area contributed by atoms with Crippen molar-refractivity contribution in [3.05, 3.63) is 70.4 Å². The molecule has 4 rings (SSSR count). The van der Waals surface area contributed by atoms with E-state index in [1.54, 1.807) is 25.3 Å². The van der Waals surface area contributed by atoms with Crippen molar-refractivity contribution < 1.29 is 8.78 Å². The van der Waals surface area contributed by atoms with Gasteiger partial charge in [0.15, 0.2) is 0 Å². The van der Waals surface area contributed by atoms with Crippen LogP contribution in [0, 0.1) is 42.0 Å². The highest BCUT2D eigenvalue weighted by atomic mass is 19.1. The first kappa shape index (κ1) is 25.7. The van der Waals surface area contributed by atoms with E-state index in [2.05, 4.69) is 64.3 Å². The predicted octanol–water partition coefficient (Wildman–Crippen LogP) is 4.63. The van der Waals surface area contributed by atoms with Crippen LogP contribution in [0.4, 0.5) is 20.2 Å². The van der Waals surface area contributed by atoms with Crippen molar-refractivity contribution in [2.24, 2.45) is 5.41 Å². The number of benzene rings is 1. The van der Waals surface area contributed by atoms with Crippen LogP contribution in [0.5, 0.6) is 0 Å². The largest absolute Gasteiger partial charge is 0.383 e. The number of terminal acetylenes is 1. The monoisotopic (exact) mass is 502 g/mol. The average Bonchev–Trinajstić information content (AvgIpc) is 3.18. The average molecular weight is 503 g/mol. The molecule has 0 radical (unpaired) electrons. The predicted molar refractivity (Wildman–Crippen MR) is 140 cm³/mol. The molecule has 1 aliphatic rings. The number of rotatable bonds is 6. The summed E-state index contributed by atoms with van der Waals surface area (Å²) in [5.74, 6) is 1.48. The van der Waals surface area contributed by atoms with Crippen molar-refractivity contribution in [3.63, 3.8) is 0 Å². The number of fused-ring (bicyclic) bond motifs is 1. The van der Waals surface area contributed by atoms with Gasteiger partial charge >= 0.3 is 0 Å². The number of aryl methyl sites for hydroxylation is 1. The number of pyridine rings is 2. The molecule has 4 N–H and O–H groups in total. The summed E-state index contributed by atoms with van der Waals surface area (Å²) in [6.45, 7) is 8.56. The van der Waals surface area contributed by atoms with E-state index in [0.717, 1.165) is 0 Å². The van der Waals surface area contributed by atoms with Crippen molar-refractivity contribution >= 4 is 22.3 Å². The zero-order valence-corrected chi connectivity index (χ0v) is 21.3. The van der Waals surface area contributed by atoms with E-state index in [1.807, 2.05) is 6.07 Å². The summed E-state index contributed by atoms with van der Waals surface area (Å²) in [6, 6.07) is 7.64. The molecule has 8 nitrogen and oxygen atoms in total. The van der Waals surface area contributed by atoms with Gasteiger partial charge in [-0.05, 0) is 30.5 Å². The highest BCUT2D eigenvalue weighted by Crippen LogP contribution is 2.35. The van der Waals surface area contributed by atoms with Gasteiger partial charge < -0.3 is 16.1 Å². The Bertz CT molecular complexity index is 1480. The van der Waals surface area contributed by atoms with Gasteiger partial charge in [0.05, 0.1) is 28.4 Å². The maximum absolute atomic E-state index is 15.1. The molecule has 0 unspecified atom stereocenters. The van der Waals surface area contributed by atoms with E-state index >= 15 is 4.39 Å². The Kier molecular flexibility index (Phi) is 6.88. The number of nitrogens with zero attached hydrogens (tertiary/aromatic N) is 4. The number of anilines is 2. The summed E-state index contributed by atoms with van der Waals surface area (Å²) >= 11 is 0. The van der Waals surface area contributed by atoms with Crippen molar-refractivity contribution in [2.45, 2.75) is 33.7 Å². The molecular weight excluding hydrogens is 474 g/mol. The van der Waals surface area contributed by atoms with Gasteiger partial charge in [-0.15, -0.1) is 12.0 Å². The zero-order chi connectivity index (χ0) is 26.9. The minimum Gasteiger partial charge on any atom is -0.383 e. The lowest BCUT2D eigenvalue weighted by Gasteiger charge is -2.24. The lowest BCUT2D eigenvalue weighted by atomic mass is 9.96. The number of hydrogen-bond acceptors (Lipinski definition) is 8. The van der Waals surface area contributed by atoms with E-state index in [1.165, 1.54) is 18.1 Å². The second-order valence-electron chi connectivity index (χ2n) is 10.0. The summed E-state index contributed by atoms with van der Waals surface area (Å²) in [5.41, 5.74) is 9.18. The molecule has 1 aromatic carbocycles. The molecule has 1 aliphatic heterocycles. The highest BCUT2D eigenvalue weighted by molar-refractivity contribution is 5.99. The molecule has 0 saturated carbocycles. The van der Waals surface area contributed by atoms with Crippen molar-refractivity contribution in [1.82, 2.24) is 25.9 Å². The fourth-order valence-corrected chi connectivity index (χ4v) is 4.06. The number of hydrazine groups is 2. The van der Waals surface area contributed by atoms with E-state index in [0.29, 0.717) is 51.2 Å². The number of nitriles is 1. The third-order valence-corrected chi connectivity index (χ3v) is 5.92. The van der Waals surface area contributed by atoms with Gasteiger partial charge in [-0.2, -0.15) is 14.0 Å². The Balaban J connectivity index is 1.88. The van der Waals surface area contributed by atoms with Gasteiger partial charge in [-0.1, -0.05) is 32.8 Å². The lowest BCUT2D eigenvalue weighted by molar-refractivity contribution is 0.251. The van der Waals surface area contributed by atoms with Gasteiger partial charge in [-0.3, -0.25) is 9.99 Å². The fourth-order valence-electron chi connectivity index (χ4n) is 4.06. The minimum atomic E-state index is -0.788. The van der Waals surface area contributed by atoms with E-state index in [4.69, 9.17) is 6.42 Å². The lowest BCUT2D eigenvalue weighted by Crippen LogP contribution is -2.35. The van der Waals surface area contributed by atoms with Crippen molar-refractivity contribution in [2.75, 3.05) is 24.2 Å². The topological polar surface area (TPSA) is 101 Å². The van der Waals surface area contributed by atoms with E-state index in [-0.39, 0.29) is 11.1 Å². The third-order valence-electron chi connectivity index (χ3n) is 5.92. The molecule has 0 aliphatic carbocycles. The Labute approximate surface area is 214 Å². The van der Waals surface area contributed by atoms with Gasteiger partial charge in [0, 0.05) is 42.1 Å². The molecule has 2 aromatic heterocycles. The van der Waals surface area contributed by atoms with Crippen molar-refractivity contribution in [1.29, 1.82) is 5.26 Å². The standard InChI is InChI=1S/C27H28F2N8/c1-7-16-13-31-23-17(12-30)10-18(11-20(23)22(16)32-14-27(3,4)5)34-24(25-26(29)37(6)36-35-25)19-8-9-21(28)33-15(19)2/h1,8-11,13,24,34-36H,14H2,2-6H3,(H,31,32)/t24-/m0/s1. The quantitative estimate of drug-likeness (QED) is 0.220. The summed E-state index contributed by atoms with van der Waals surface area (Å²) < 4.78 is 28.8. The number of nitrogens with one attached hydrogen (secondary N) is 4. The molecule has 0 saturated heterocycles. The minimum absolute atomic E-state index is 0.0369. The van der Waals surface area contributed by atoms with Gasteiger partial charge in [0.1, 0.15) is 11.8 Å². The van der Waals surface area contributed by atoms with Crippen LogP contribution in [0.3, 0.4) is 0 Å². The SMILES string of the molecule is C#Cc1cnc2c(C#N)cc(N[C@H](C3=C(F)N(C)NN3)c3ccc(F)nc3C)cc2c1NCC(C)(C)C. The van der Waals surface area contributed by atoms with E-state index in [9.17, 15) is 9.65 Å². The first-order valence-electron chi connectivity index (χ1n) is 11.6. The Morgan fingerprint density at radius 3 is 2.57 bits per heavy atom. The molecule has 10 heteroatoms. The zero-order valence-electron chi connectivity index (χ0n) is 21.3. The van der Waals surface area contributed by atoms with Crippen LogP contribution >= 0.6 is 0 Å². The van der Waals surface area contributed by atoms with Crippen LogP contribution in [0.2, 0.25) is 0 Å². The summed E-state index contributed by atoms with van der Waals surface area (Å²) in [7, 11) is 1.52. The Hall–Kier alpha value is -4.41. The second kappa shape index (κ2) is 9.92. The molecule has 3 aromatic rings. The summed E-state index contributed by atoms with van der Waals surface area (Å²) in [6.07, 6.45) is 7.34. The molecule has 37 heavy (non-hydrogen) atoms. The molecule has 0 bridgehead atoms. The van der Waals surface area contributed by atoms with Crippen LogP contribution in [0.15, 0.2) is 42.1 Å². The number of halogens is 2. The van der Waals surface area contributed by atoms with Gasteiger partial charge in [0.2, 0.25) is 11.9 Å². The van der Waals surface area contributed by atoms with Crippen LogP contribution in [0.25, 0.3) is 10.9 Å². The second-order valence-corrected chi connectivity index (χ2v) is 10.0. The third kappa shape index (κ3) is 5.25. The Morgan fingerprint density at radius 1 is 1.22 bits per heavy atom. The fraction of sp³-hybridized carbons (Fsp3) is 0.296. The number of aromatic nitrogens is 2. The maximum atomic E-state index is 15.1. The molecule has 0 amide bonds. The number of hydrogen-bond donors (Lipinski definition) is 4. The first-order valence-corrected chi connectivity index (χ1v) is 11.6. The normalized spacial score (nSPS) is 14.2. The Morgan fingerprint density at radius 2 is 1.97 bits per heavy atom. The smallest absolute Gasteiger partial charge is 0.228 e. The van der Waals surface area contributed by atoms with Crippen LogP contribution in [-0.2, 0) is 0 Å². The summed E-state index contributed by atoms with van der Waals surface area (Å²) in [5, 5.41) is 18.5. The maximum Gasteiger partial charge on any atom is 0.228 e. The van der Waals surface area contributed by atoms with Gasteiger partial charge in [0.25, 0.3) is 0 Å². The molecule has 190 valence electrons. The molecule has 0 spiro atoms. The van der Waals surface area contributed by atoms with Crippen LogP contribution < -0.4 is 21.6 Å². The molecular formula is C27H28F2N8. The van der Waals surface area contributed by atoms with Gasteiger partial charge in [-0.25, -0.2) is 4.98 Å². The molecule has 0 fully saturated rings. The highest BCUT2D eigenvalue weighted by Gasteiger charge is 2.30. The van der Waals surface area contributed by atoms with Crippen LogP contribution in [-0.4, -0.2) is 28.6 Å². The van der Waals surface area contributed by atoms with E-state index < -0.39 is 17.9 Å². The molecule has 1 atom stereocenters. The van der Waals surface area contributed by atoms with Crippen LogP contribution in [0.1, 0.15) is 49.2 Å².